The molecule has 0 aliphatic carbocycles. The van der Waals surface area contributed by atoms with E-state index in [1.165, 1.54) is 30.3 Å². The molecular weight excluding hydrogens is 686 g/mol. The largest absolute Gasteiger partial charge is 0.324 e. The summed E-state index contributed by atoms with van der Waals surface area (Å²) in [6, 6.07) is 9.44. The fourth-order valence-corrected chi connectivity index (χ4v) is 6.03. The van der Waals surface area contributed by atoms with E-state index < -0.39 is 114 Å². The fraction of sp³-hybridized carbons (Fsp3) is 0. The molecule has 2 aliphatic heterocycles. The number of H-pyrrole nitrogens is 1. The first kappa shape index (κ1) is 29.7. The average molecular weight is 694 g/mol. The number of aromatic amines is 1. The van der Waals surface area contributed by atoms with E-state index in [1.807, 2.05) is 0 Å². The van der Waals surface area contributed by atoms with Crippen LogP contribution in [0.4, 0.5) is 44.0 Å². The van der Waals surface area contributed by atoms with Gasteiger partial charge < -0.3 is 4.98 Å². The van der Waals surface area contributed by atoms with E-state index in [4.69, 9.17) is 0 Å². The van der Waals surface area contributed by atoms with Gasteiger partial charge in [0.25, 0.3) is 0 Å². The number of hydrogen-bond donors (Lipinski definition) is 1. The topological polar surface area (TPSA) is 98.1 Å². The molecule has 7 aromatic rings. The van der Waals surface area contributed by atoms with Crippen LogP contribution in [0.3, 0.4) is 0 Å². The predicted octanol–water partition coefficient (Wildman–Crippen LogP) is 8.33. The maximum atomic E-state index is 16.3. The maximum absolute atomic E-state index is 16.3. The molecule has 8 nitrogen and oxygen atoms in total. The fourth-order valence-electron chi connectivity index (χ4n) is 6.03. The van der Waals surface area contributed by atoms with Crippen LogP contribution in [0.2, 0.25) is 0 Å². The number of benzene rings is 4. The van der Waals surface area contributed by atoms with Crippen LogP contribution in [0.15, 0.2) is 42.5 Å². The van der Waals surface area contributed by atoms with Crippen LogP contribution in [0.25, 0.3) is 89.7 Å². The molecule has 0 saturated heterocycles. The molecule has 2 aliphatic rings. The third-order valence-corrected chi connectivity index (χ3v) is 8.23. The SMILES string of the molecule is Fc1c(F)c(F)c2c(c1F)-c1nc-2nc2c3c(F)cccc3c(nc3nc(nc4[nH]c(n1)c1c(F)c(F)c(F)c(F)c41)-c1ccccc1-3)n2F. The highest BCUT2D eigenvalue weighted by Crippen LogP contribution is 2.42. The van der Waals surface area contributed by atoms with Crippen molar-refractivity contribution < 1.29 is 44.0 Å². The third-order valence-electron chi connectivity index (χ3n) is 8.23. The Hall–Kier alpha value is -6.46. The van der Waals surface area contributed by atoms with Gasteiger partial charge in [0, 0.05) is 16.5 Å². The molecule has 4 aromatic carbocycles. The van der Waals surface area contributed by atoms with Crippen LogP contribution >= 0.6 is 0 Å². The summed E-state index contributed by atoms with van der Waals surface area (Å²) in [5, 5.41) is -2.87. The number of aromatic nitrogens is 8. The number of hydrogen-bond acceptors (Lipinski definition) is 6. The number of nitrogens with one attached hydrogen (secondary N) is 1. The van der Waals surface area contributed by atoms with E-state index in [0.29, 0.717) is 0 Å². The predicted molar refractivity (Wildman–Crippen MR) is 156 cm³/mol. The van der Waals surface area contributed by atoms with Gasteiger partial charge in [0.15, 0.2) is 81.1 Å². The second-order valence-corrected chi connectivity index (χ2v) is 10.9. The van der Waals surface area contributed by atoms with Crippen molar-refractivity contribution in [2.24, 2.45) is 0 Å². The minimum absolute atomic E-state index is 0.195. The molecule has 0 spiro atoms. The molecule has 8 bridgehead atoms. The molecular formula is C32H8F10N8. The van der Waals surface area contributed by atoms with Crippen molar-refractivity contribution in [1.82, 2.24) is 39.7 Å². The molecule has 0 amide bonds. The van der Waals surface area contributed by atoms with Crippen molar-refractivity contribution in [1.29, 1.82) is 0 Å². The lowest BCUT2D eigenvalue weighted by atomic mass is 10.1. The molecule has 18 heteroatoms. The van der Waals surface area contributed by atoms with Gasteiger partial charge in [-0.05, 0) is 6.07 Å². The highest BCUT2D eigenvalue weighted by Gasteiger charge is 2.35. The Morgan fingerprint density at radius 2 is 0.920 bits per heavy atom. The Morgan fingerprint density at radius 1 is 0.440 bits per heavy atom. The monoisotopic (exact) mass is 694 g/mol. The van der Waals surface area contributed by atoms with Crippen molar-refractivity contribution in [2.75, 3.05) is 0 Å². The third kappa shape index (κ3) is 3.77. The van der Waals surface area contributed by atoms with E-state index in [1.54, 1.807) is 6.07 Å². The van der Waals surface area contributed by atoms with Crippen molar-refractivity contribution >= 4 is 44.1 Å². The average Bonchev–Trinajstić information content (AvgIpc) is 3.82. The van der Waals surface area contributed by atoms with Crippen molar-refractivity contribution in [3.63, 3.8) is 0 Å². The second kappa shape index (κ2) is 10.0. The summed E-state index contributed by atoms with van der Waals surface area (Å²) in [5.41, 5.74) is -5.25. The molecule has 0 radical (unpaired) electrons. The highest BCUT2D eigenvalue weighted by molar-refractivity contribution is 6.07. The van der Waals surface area contributed by atoms with Crippen LogP contribution in [0.5, 0.6) is 0 Å². The standard InChI is InChI=1S/C32H8F10N8/c33-11-7-3-6-10-12(11)32-49-30-16-15(19(36)23(40)24(41)20(16)37)29(47-30)46-28-14-13(17(34)21(38)22(39)18(14)35)27(45-28)44-25-8-4-1-2-5-9(8)26(43-25)48-31(10)50(32)42/h1-7H,(H,43,44,45,46,47,48,49). The lowest BCUT2D eigenvalue weighted by Gasteiger charge is -2.05. The Morgan fingerprint density at radius 3 is 1.52 bits per heavy atom. The van der Waals surface area contributed by atoms with E-state index >= 15 is 26.4 Å². The van der Waals surface area contributed by atoms with E-state index in [2.05, 4.69) is 34.9 Å². The summed E-state index contributed by atoms with van der Waals surface area (Å²) in [5.74, 6) is -21.0. The minimum Gasteiger partial charge on any atom is -0.324 e. The van der Waals surface area contributed by atoms with Gasteiger partial charge >= 0.3 is 0 Å². The van der Waals surface area contributed by atoms with Gasteiger partial charge in [-0.2, -0.15) is 0 Å². The quantitative estimate of drug-likeness (QED) is 0.0975. The van der Waals surface area contributed by atoms with Gasteiger partial charge in [-0.3, -0.25) is 0 Å². The van der Waals surface area contributed by atoms with Gasteiger partial charge in [0.1, 0.15) is 17.1 Å². The Kier molecular flexibility index (Phi) is 5.95. The van der Waals surface area contributed by atoms with E-state index in [0.717, 1.165) is 6.07 Å². The Bertz CT molecular complexity index is 2900. The molecule has 5 heterocycles. The minimum atomic E-state index is -2.34. The first-order valence-electron chi connectivity index (χ1n) is 14.1. The number of nitrogens with zero attached hydrogens (tertiary/aromatic N) is 7. The first-order valence-corrected chi connectivity index (χ1v) is 14.1. The summed E-state index contributed by atoms with van der Waals surface area (Å²) in [6.45, 7) is 0. The summed E-state index contributed by atoms with van der Waals surface area (Å²) >= 11 is 0. The van der Waals surface area contributed by atoms with Crippen LogP contribution in [-0.4, -0.2) is 39.7 Å². The summed E-state index contributed by atoms with van der Waals surface area (Å²) in [6.07, 6.45) is 0. The van der Waals surface area contributed by atoms with Gasteiger partial charge in [0.2, 0.25) is 0 Å². The van der Waals surface area contributed by atoms with Gasteiger partial charge in [-0.25, -0.2) is 69.4 Å². The van der Waals surface area contributed by atoms with Gasteiger partial charge in [0.05, 0.1) is 27.3 Å². The summed E-state index contributed by atoms with van der Waals surface area (Å²) < 4.78 is 152. The van der Waals surface area contributed by atoms with Crippen LogP contribution in [-0.2, 0) is 0 Å². The Balaban J connectivity index is 1.59. The van der Waals surface area contributed by atoms with Crippen LogP contribution in [0, 0.1) is 52.4 Å². The maximum Gasteiger partial charge on any atom is 0.198 e. The molecule has 0 unspecified atom stereocenters. The molecule has 0 saturated carbocycles. The number of halogens is 10. The second-order valence-electron chi connectivity index (χ2n) is 10.9. The summed E-state index contributed by atoms with van der Waals surface area (Å²) in [7, 11) is 0. The lowest BCUT2D eigenvalue weighted by molar-refractivity contribution is 0.398. The van der Waals surface area contributed by atoms with Gasteiger partial charge in [-0.1, -0.05) is 40.9 Å². The van der Waals surface area contributed by atoms with Crippen molar-refractivity contribution in [2.45, 2.75) is 0 Å². The van der Waals surface area contributed by atoms with E-state index in [9.17, 15) is 17.6 Å². The number of rotatable bonds is 0. The zero-order chi connectivity index (χ0) is 34.9. The Labute approximate surface area is 268 Å². The molecule has 0 atom stereocenters. The molecule has 1 N–H and O–H groups in total. The first-order chi connectivity index (χ1) is 24.0. The lowest BCUT2D eigenvalue weighted by Crippen LogP contribution is -2.01. The smallest absolute Gasteiger partial charge is 0.198 e. The highest BCUT2D eigenvalue weighted by atomic mass is 19.2. The van der Waals surface area contributed by atoms with Gasteiger partial charge in [-0.15, -0.1) is 4.79 Å². The molecule has 50 heavy (non-hydrogen) atoms. The van der Waals surface area contributed by atoms with Crippen molar-refractivity contribution in [3.05, 3.63) is 94.8 Å². The molecule has 3 aromatic heterocycles. The summed E-state index contributed by atoms with van der Waals surface area (Å²) in [4.78, 5) is 26.4. The number of fused-ring (bicyclic) bond motifs is 20. The van der Waals surface area contributed by atoms with E-state index in [-0.39, 0.29) is 33.0 Å². The molecule has 0 fully saturated rings. The van der Waals surface area contributed by atoms with Crippen LogP contribution < -0.4 is 0 Å². The zero-order valence-electron chi connectivity index (χ0n) is 24.0. The molecule has 9 rings (SSSR count). The normalized spacial score (nSPS) is 12.2. The van der Waals surface area contributed by atoms with Crippen molar-refractivity contribution in [3.8, 4) is 45.6 Å². The molecule has 246 valence electrons. The van der Waals surface area contributed by atoms with Crippen LogP contribution in [0.1, 0.15) is 0 Å². The zero-order valence-corrected chi connectivity index (χ0v) is 24.0.